The third-order valence-corrected chi connectivity index (χ3v) is 7.42. The van der Waals surface area contributed by atoms with Gasteiger partial charge in [0, 0.05) is 25.5 Å². The van der Waals surface area contributed by atoms with Crippen LogP contribution in [0.1, 0.15) is 162 Å². The number of rotatable bonds is 24. The van der Waals surface area contributed by atoms with Crippen LogP contribution in [-0.2, 0) is 0 Å². The Morgan fingerprint density at radius 3 is 1.25 bits per heavy atom. The molecule has 0 spiro atoms. The van der Waals surface area contributed by atoms with Crippen LogP contribution >= 0.6 is 0 Å². The van der Waals surface area contributed by atoms with Gasteiger partial charge in [-0.25, -0.2) is 0 Å². The Balaban J connectivity index is 2.00. The Morgan fingerprint density at radius 2 is 0.812 bits per heavy atom. The van der Waals surface area contributed by atoms with E-state index in [1.165, 1.54) is 148 Å². The molecule has 0 bridgehead atoms. The molecule has 1 atom stereocenters. The van der Waals surface area contributed by atoms with E-state index in [2.05, 4.69) is 43.0 Å². The summed E-state index contributed by atoms with van der Waals surface area (Å²) in [4.78, 5) is 5.20. The largest absolute Gasteiger partial charge is 0.356 e. The van der Waals surface area contributed by atoms with Crippen LogP contribution in [0.3, 0.4) is 0 Å². The van der Waals surface area contributed by atoms with Gasteiger partial charge in [-0.15, -0.1) is 0 Å². The van der Waals surface area contributed by atoms with Gasteiger partial charge in [-0.1, -0.05) is 136 Å². The highest BCUT2D eigenvalue weighted by atomic mass is 15.4. The van der Waals surface area contributed by atoms with E-state index in [9.17, 15) is 0 Å². The third-order valence-electron chi connectivity index (χ3n) is 7.42. The normalized spacial score (nSPS) is 15.9. The molecule has 0 aromatic heterocycles. The molecule has 1 heterocycles. The summed E-state index contributed by atoms with van der Waals surface area (Å²) in [5.74, 6) is 0. The maximum Gasteiger partial charge on any atom is 0.101 e. The molecule has 32 heavy (non-hydrogen) atoms. The van der Waals surface area contributed by atoms with Crippen LogP contribution in [0.5, 0.6) is 0 Å². The molecular formula is C30H60N2. The van der Waals surface area contributed by atoms with E-state index in [1.807, 2.05) is 0 Å². The number of nitrogens with zero attached hydrogens (tertiary/aromatic N) is 2. The van der Waals surface area contributed by atoms with E-state index in [1.54, 1.807) is 0 Å². The summed E-state index contributed by atoms with van der Waals surface area (Å²) in [7, 11) is 0. The van der Waals surface area contributed by atoms with E-state index in [0.717, 1.165) is 6.54 Å². The lowest BCUT2D eigenvalue weighted by Gasteiger charge is -2.32. The van der Waals surface area contributed by atoms with Gasteiger partial charge in [0.05, 0.1) is 0 Å². The Labute approximate surface area is 203 Å². The molecule has 0 fully saturated rings. The van der Waals surface area contributed by atoms with Gasteiger partial charge >= 0.3 is 0 Å². The lowest BCUT2D eigenvalue weighted by atomic mass is 10.0. The first kappa shape index (κ1) is 29.4. The fourth-order valence-electron chi connectivity index (χ4n) is 5.20. The first-order chi connectivity index (χ1) is 15.8. The molecule has 0 radical (unpaired) electrons. The van der Waals surface area contributed by atoms with E-state index >= 15 is 0 Å². The lowest BCUT2D eigenvalue weighted by molar-refractivity contribution is 0.142. The molecule has 0 aromatic carbocycles. The zero-order valence-corrected chi connectivity index (χ0v) is 22.6. The lowest BCUT2D eigenvalue weighted by Crippen LogP contribution is -2.38. The van der Waals surface area contributed by atoms with Crippen molar-refractivity contribution < 1.29 is 0 Å². The predicted molar refractivity (Wildman–Crippen MR) is 145 cm³/mol. The summed E-state index contributed by atoms with van der Waals surface area (Å²) in [6.45, 7) is 9.32. The summed E-state index contributed by atoms with van der Waals surface area (Å²) < 4.78 is 0. The molecule has 0 N–H and O–H groups in total. The Kier molecular flexibility index (Phi) is 20.3. The number of hydrogen-bond donors (Lipinski definition) is 0. The second-order valence-electron chi connectivity index (χ2n) is 10.4. The van der Waals surface area contributed by atoms with Crippen LogP contribution in [0.25, 0.3) is 0 Å². The SMILES string of the molecule is CCCCCCCCCCCCCCN1C=CN(CC)C1CCCCCCCCCCC. The van der Waals surface area contributed by atoms with Crippen molar-refractivity contribution in [1.29, 1.82) is 0 Å². The molecule has 0 saturated heterocycles. The maximum atomic E-state index is 2.64. The van der Waals surface area contributed by atoms with Crippen molar-refractivity contribution in [3.05, 3.63) is 12.4 Å². The van der Waals surface area contributed by atoms with E-state index in [0.29, 0.717) is 6.17 Å². The quantitative estimate of drug-likeness (QED) is 0.135. The van der Waals surface area contributed by atoms with Crippen molar-refractivity contribution >= 4 is 0 Å². The van der Waals surface area contributed by atoms with Gasteiger partial charge in [-0.05, 0) is 26.2 Å². The molecule has 2 heteroatoms. The minimum Gasteiger partial charge on any atom is -0.356 e. The van der Waals surface area contributed by atoms with Crippen molar-refractivity contribution in [2.75, 3.05) is 13.1 Å². The molecule has 2 nitrogen and oxygen atoms in total. The van der Waals surface area contributed by atoms with E-state index in [-0.39, 0.29) is 0 Å². The highest BCUT2D eigenvalue weighted by molar-refractivity contribution is 4.96. The molecule has 0 amide bonds. The molecule has 1 aliphatic rings. The topological polar surface area (TPSA) is 6.48 Å². The minimum atomic E-state index is 0.636. The summed E-state index contributed by atoms with van der Waals surface area (Å²) in [5, 5.41) is 0. The molecule has 0 saturated carbocycles. The first-order valence-corrected chi connectivity index (χ1v) is 15.0. The third kappa shape index (κ3) is 15.2. The summed E-state index contributed by atoms with van der Waals surface area (Å²) in [5.41, 5.74) is 0. The molecule has 1 unspecified atom stereocenters. The van der Waals surface area contributed by atoms with Crippen molar-refractivity contribution in [2.24, 2.45) is 0 Å². The Morgan fingerprint density at radius 1 is 0.438 bits per heavy atom. The first-order valence-electron chi connectivity index (χ1n) is 15.0. The molecule has 0 aromatic rings. The smallest absolute Gasteiger partial charge is 0.101 e. The van der Waals surface area contributed by atoms with Crippen molar-refractivity contribution in [3.8, 4) is 0 Å². The zero-order valence-electron chi connectivity index (χ0n) is 22.6. The van der Waals surface area contributed by atoms with Crippen molar-refractivity contribution in [3.63, 3.8) is 0 Å². The fourth-order valence-corrected chi connectivity index (χ4v) is 5.20. The van der Waals surface area contributed by atoms with Gasteiger partial charge in [-0.2, -0.15) is 0 Å². The van der Waals surface area contributed by atoms with Crippen molar-refractivity contribution in [2.45, 2.75) is 168 Å². The van der Waals surface area contributed by atoms with Crippen LogP contribution in [0.2, 0.25) is 0 Å². The van der Waals surface area contributed by atoms with Crippen LogP contribution in [0.15, 0.2) is 12.4 Å². The number of hydrogen-bond acceptors (Lipinski definition) is 2. The average Bonchev–Trinajstić information content (AvgIpc) is 3.20. The second kappa shape index (κ2) is 22.1. The van der Waals surface area contributed by atoms with Gasteiger partial charge in [0.25, 0.3) is 0 Å². The Bertz CT molecular complexity index is 406. The molecule has 1 rings (SSSR count). The van der Waals surface area contributed by atoms with Gasteiger partial charge in [0.1, 0.15) is 6.17 Å². The maximum absolute atomic E-state index is 2.64. The minimum absolute atomic E-state index is 0.636. The fraction of sp³-hybridized carbons (Fsp3) is 0.933. The average molecular weight is 449 g/mol. The number of unbranched alkanes of at least 4 members (excludes halogenated alkanes) is 19. The summed E-state index contributed by atoms with van der Waals surface area (Å²) in [6, 6.07) is 0. The second-order valence-corrected chi connectivity index (χ2v) is 10.4. The molecular weight excluding hydrogens is 388 g/mol. The van der Waals surface area contributed by atoms with Gasteiger partial charge in [0.15, 0.2) is 0 Å². The van der Waals surface area contributed by atoms with Gasteiger partial charge in [-0.3, -0.25) is 0 Å². The predicted octanol–water partition coefficient (Wildman–Crippen LogP) is 10.0. The highest BCUT2D eigenvalue weighted by Crippen LogP contribution is 2.22. The van der Waals surface area contributed by atoms with Crippen LogP contribution in [-0.4, -0.2) is 29.1 Å². The molecule has 0 aliphatic carbocycles. The zero-order chi connectivity index (χ0) is 23.1. The summed E-state index contributed by atoms with van der Waals surface area (Å²) >= 11 is 0. The van der Waals surface area contributed by atoms with E-state index in [4.69, 9.17) is 0 Å². The Hall–Kier alpha value is -0.660. The van der Waals surface area contributed by atoms with Gasteiger partial charge < -0.3 is 9.80 Å². The monoisotopic (exact) mass is 448 g/mol. The van der Waals surface area contributed by atoms with Crippen LogP contribution in [0, 0.1) is 0 Å². The highest BCUT2D eigenvalue weighted by Gasteiger charge is 2.23. The van der Waals surface area contributed by atoms with Gasteiger partial charge in [0.2, 0.25) is 0 Å². The molecule has 1 aliphatic heterocycles. The van der Waals surface area contributed by atoms with Crippen molar-refractivity contribution in [1.82, 2.24) is 9.80 Å². The van der Waals surface area contributed by atoms with E-state index < -0.39 is 0 Å². The summed E-state index contributed by atoms with van der Waals surface area (Å²) in [6.07, 6.45) is 36.8. The standard InChI is InChI=1S/C30H60N2/c1-4-7-9-11-13-15-16-17-19-21-23-25-27-32-29-28-31(6-3)30(32)26-24-22-20-18-14-12-10-8-5-2/h28-30H,4-27H2,1-3H3. The van der Waals surface area contributed by atoms with Crippen LogP contribution < -0.4 is 0 Å². The van der Waals surface area contributed by atoms with Crippen LogP contribution in [0.4, 0.5) is 0 Å². The molecule has 190 valence electrons.